The Morgan fingerprint density at radius 1 is 1.27 bits per heavy atom. The van der Waals surface area contributed by atoms with Gasteiger partial charge in [0.25, 0.3) is 11.8 Å². The number of likely N-dealkylation sites (tertiary alicyclic amines) is 1. The van der Waals surface area contributed by atoms with Crippen LogP contribution < -0.4 is 4.90 Å². The number of ether oxygens (including phenoxy) is 1. The second-order valence-electron chi connectivity index (χ2n) is 10.7. The number of benzene rings is 1. The van der Waals surface area contributed by atoms with Crippen LogP contribution in [0.25, 0.3) is 0 Å². The smallest absolute Gasteiger partial charge is 0.411 e. The Hall–Kier alpha value is -2.65. The van der Waals surface area contributed by atoms with Crippen LogP contribution in [0.4, 0.5) is 19.3 Å². The molecular weight excluding hydrogens is 530 g/mol. The molecule has 0 spiro atoms. The van der Waals surface area contributed by atoms with E-state index < -0.39 is 51.2 Å². The standard InChI is InChI=1S/C24H29ClF2N4O5S/c1-23(2,3)36-22(33)30-12-17(11-19(30)21(32)31(14-28)15-4-5-15)37(34,35)20-7-6-16(10-18(20)25)29-9-8-24(26,27)13-29/h6-7,10,15,17,19H,4-5,8-9,11-13H2,1-3H3/t17-,19+/m1/s1. The minimum absolute atomic E-state index is 0.114. The zero-order valence-corrected chi connectivity index (χ0v) is 22.4. The third-order valence-corrected chi connectivity index (χ3v) is 9.24. The fourth-order valence-electron chi connectivity index (χ4n) is 4.64. The number of sulfone groups is 1. The molecule has 3 aliphatic rings. The monoisotopic (exact) mass is 558 g/mol. The van der Waals surface area contributed by atoms with Gasteiger partial charge in [0.15, 0.2) is 16.0 Å². The lowest BCUT2D eigenvalue weighted by atomic mass is 10.2. The summed E-state index contributed by atoms with van der Waals surface area (Å²) < 4.78 is 59.9. The van der Waals surface area contributed by atoms with Gasteiger partial charge in [0, 0.05) is 31.2 Å². The first-order valence-electron chi connectivity index (χ1n) is 12.0. The number of amides is 2. The Balaban J connectivity index is 1.60. The lowest BCUT2D eigenvalue weighted by Gasteiger charge is -2.29. The molecule has 2 aliphatic heterocycles. The molecular formula is C24H29ClF2N4O5S. The van der Waals surface area contributed by atoms with Gasteiger partial charge in [-0.2, -0.15) is 5.26 Å². The van der Waals surface area contributed by atoms with E-state index in [9.17, 15) is 32.0 Å². The van der Waals surface area contributed by atoms with E-state index in [2.05, 4.69) is 0 Å². The molecule has 13 heteroatoms. The fourth-order valence-corrected chi connectivity index (χ4v) is 6.87. The molecule has 0 bridgehead atoms. The number of nitrogens with zero attached hydrogens (tertiary/aromatic N) is 4. The van der Waals surface area contributed by atoms with Gasteiger partial charge in [-0.3, -0.25) is 9.69 Å². The fraction of sp³-hybridized carbons (Fsp3) is 0.625. The van der Waals surface area contributed by atoms with Gasteiger partial charge in [0.1, 0.15) is 11.6 Å². The summed E-state index contributed by atoms with van der Waals surface area (Å²) in [5.41, 5.74) is -0.511. The van der Waals surface area contributed by atoms with Crippen LogP contribution in [-0.4, -0.2) is 78.7 Å². The molecule has 4 rings (SSSR count). The topological polar surface area (TPSA) is 111 Å². The molecule has 1 saturated carbocycles. The second-order valence-corrected chi connectivity index (χ2v) is 13.3. The summed E-state index contributed by atoms with van der Waals surface area (Å²) >= 11 is 6.33. The van der Waals surface area contributed by atoms with Gasteiger partial charge in [-0.1, -0.05) is 11.6 Å². The molecule has 2 heterocycles. The van der Waals surface area contributed by atoms with Crippen molar-refractivity contribution in [3.05, 3.63) is 23.2 Å². The number of alkyl halides is 2. The molecule has 0 unspecified atom stereocenters. The average Bonchev–Trinajstić information content (AvgIpc) is 3.38. The lowest BCUT2D eigenvalue weighted by Crippen LogP contribution is -2.48. The number of rotatable bonds is 5. The van der Waals surface area contributed by atoms with Crippen molar-refractivity contribution in [2.45, 2.75) is 80.2 Å². The van der Waals surface area contributed by atoms with Crippen molar-refractivity contribution in [1.82, 2.24) is 9.80 Å². The summed E-state index contributed by atoms with van der Waals surface area (Å²) in [6.45, 7) is 4.25. The van der Waals surface area contributed by atoms with Crippen LogP contribution in [0.5, 0.6) is 0 Å². The first kappa shape index (κ1) is 27.4. The van der Waals surface area contributed by atoms with Crippen LogP contribution >= 0.6 is 11.6 Å². The van der Waals surface area contributed by atoms with Crippen LogP contribution in [0.3, 0.4) is 0 Å². The van der Waals surface area contributed by atoms with Gasteiger partial charge in [-0.15, -0.1) is 0 Å². The number of hydrogen-bond donors (Lipinski definition) is 0. The van der Waals surface area contributed by atoms with Crippen LogP contribution in [0, 0.1) is 11.5 Å². The summed E-state index contributed by atoms with van der Waals surface area (Å²) in [7, 11) is -4.15. The van der Waals surface area contributed by atoms with Gasteiger partial charge in [0.2, 0.25) is 0 Å². The highest BCUT2D eigenvalue weighted by atomic mass is 35.5. The maximum Gasteiger partial charge on any atom is 0.411 e. The van der Waals surface area contributed by atoms with Crippen LogP contribution in [0.2, 0.25) is 5.02 Å². The van der Waals surface area contributed by atoms with Crippen LogP contribution in [-0.2, 0) is 19.4 Å². The summed E-state index contributed by atoms with van der Waals surface area (Å²) in [5.74, 6) is -3.48. The van der Waals surface area contributed by atoms with E-state index >= 15 is 0 Å². The van der Waals surface area contributed by atoms with Crippen molar-refractivity contribution < 1.29 is 31.5 Å². The highest BCUT2D eigenvalue weighted by Gasteiger charge is 2.50. The minimum Gasteiger partial charge on any atom is -0.444 e. The Labute approximate surface area is 219 Å². The predicted octanol–water partition coefficient (Wildman–Crippen LogP) is 3.81. The Morgan fingerprint density at radius 3 is 2.46 bits per heavy atom. The average molecular weight is 559 g/mol. The van der Waals surface area contributed by atoms with E-state index in [4.69, 9.17) is 16.3 Å². The summed E-state index contributed by atoms with van der Waals surface area (Å²) in [6, 6.07) is 2.58. The molecule has 1 aromatic rings. The van der Waals surface area contributed by atoms with E-state index in [1.165, 1.54) is 23.1 Å². The summed E-state index contributed by atoms with van der Waals surface area (Å²) in [5, 5.41) is 8.18. The van der Waals surface area contributed by atoms with Gasteiger partial charge in [0.05, 0.1) is 21.7 Å². The Bertz CT molecular complexity index is 1240. The molecule has 9 nitrogen and oxygen atoms in total. The molecule has 202 valence electrons. The molecule has 3 fully saturated rings. The number of halogens is 3. The highest BCUT2D eigenvalue weighted by Crippen LogP contribution is 2.38. The molecule has 2 amide bonds. The van der Waals surface area contributed by atoms with Gasteiger partial charge >= 0.3 is 6.09 Å². The van der Waals surface area contributed by atoms with E-state index in [0.29, 0.717) is 18.5 Å². The molecule has 2 saturated heterocycles. The van der Waals surface area contributed by atoms with Crippen molar-refractivity contribution >= 4 is 39.1 Å². The van der Waals surface area contributed by atoms with E-state index in [1.54, 1.807) is 20.8 Å². The Kier molecular flexibility index (Phi) is 7.09. The van der Waals surface area contributed by atoms with Gasteiger partial charge in [-0.25, -0.2) is 26.9 Å². The number of anilines is 1. The van der Waals surface area contributed by atoms with Crippen molar-refractivity contribution in [2.75, 3.05) is 24.5 Å². The predicted molar refractivity (Wildman–Crippen MR) is 131 cm³/mol. The molecule has 0 radical (unpaired) electrons. The van der Waals surface area contributed by atoms with Crippen molar-refractivity contribution in [3.8, 4) is 6.19 Å². The maximum atomic E-state index is 13.6. The van der Waals surface area contributed by atoms with Gasteiger partial charge in [-0.05, 0) is 58.2 Å². The van der Waals surface area contributed by atoms with E-state index in [0.717, 1.165) is 9.80 Å². The van der Waals surface area contributed by atoms with Crippen molar-refractivity contribution in [3.63, 3.8) is 0 Å². The largest absolute Gasteiger partial charge is 0.444 e. The summed E-state index contributed by atoms with van der Waals surface area (Å²) in [4.78, 5) is 29.5. The van der Waals surface area contributed by atoms with Crippen molar-refractivity contribution in [1.29, 1.82) is 5.26 Å². The maximum absolute atomic E-state index is 13.6. The van der Waals surface area contributed by atoms with E-state index in [1.807, 2.05) is 6.19 Å². The first-order valence-corrected chi connectivity index (χ1v) is 13.9. The van der Waals surface area contributed by atoms with Crippen LogP contribution in [0.15, 0.2) is 23.1 Å². The summed E-state index contributed by atoms with van der Waals surface area (Å²) in [6.07, 6.45) is 1.78. The molecule has 2 atom stereocenters. The minimum atomic E-state index is -4.15. The zero-order valence-electron chi connectivity index (χ0n) is 20.8. The third-order valence-electron chi connectivity index (χ3n) is 6.63. The van der Waals surface area contributed by atoms with Gasteiger partial charge < -0.3 is 9.64 Å². The first-order chi connectivity index (χ1) is 17.1. The number of carbonyl (C=O) groups is 2. The zero-order chi connectivity index (χ0) is 27.3. The third kappa shape index (κ3) is 5.77. The molecule has 1 aliphatic carbocycles. The normalized spacial score (nSPS) is 23.6. The van der Waals surface area contributed by atoms with Crippen molar-refractivity contribution in [2.24, 2.45) is 0 Å². The number of nitriles is 1. The Morgan fingerprint density at radius 2 is 1.95 bits per heavy atom. The SMILES string of the molecule is CC(C)(C)OC(=O)N1C[C@H](S(=O)(=O)c2ccc(N3CCC(F)(F)C3)cc2Cl)C[C@H]1C(=O)N(C#N)C1CC1. The quantitative estimate of drug-likeness (QED) is 0.399. The molecule has 0 N–H and O–H groups in total. The molecule has 0 aromatic heterocycles. The van der Waals surface area contributed by atoms with Crippen LogP contribution in [0.1, 0.15) is 46.5 Å². The molecule has 37 heavy (non-hydrogen) atoms. The lowest BCUT2D eigenvalue weighted by molar-refractivity contribution is -0.133. The number of hydrogen-bond acceptors (Lipinski definition) is 7. The molecule has 1 aromatic carbocycles. The van der Waals surface area contributed by atoms with E-state index in [-0.39, 0.29) is 41.9 Å². The highest BCUT2D eigenvalue weighted by molar-refractivity contribution is 7.92. The number of carbonyl (C=O) groups excluding carboxylic acids is 2. The second kappa shape index (κ2) is 9.58.